The van der Waals surface area contributed by atoms with Gasteiger partial charge in [0.05, 0.1) is 0 Å². The van der Waals surface area contributed by atoms with Gasteiger partial charge in [-0.15, -0.1) is 0 Å². The molecule has 0 heterocycles. The summed E-state index contributed by atoms with van der Waals surface area (Å²) in [6.07, 6.45) is 7.58. The van der Waals surface area contributed by atoms with Crippen LogP contribution in [0.15, 0.2) is 12.3 Å². The number of rotatable bonds is 5. The van der Waals surface area contributed by atoms with E-state index in [4.69, 9.17) is 0 Å². The third-order valence-corrected chi connectivity index (χ3v) is 3.58. The smallest absolute Gasteiger partial charge is 0.132 e. The molecule has 1 rings (SSSR count). The Morgan fingerprint density at radius 2 is 1.78 bits per heavy atom. The van der Waals surface area contributed by atoms with Crippen molar-refractivity contribution in [2.45, 2.75) is 78.2 Å². The van der Waals surface area contributed by atoms with Gasteiger partial charge in [-0.25, -0.2) is 0 Å². The Morgan fingerprint density at radius 1 is 1.22 bits per heavy atom. The zero-order valence-electron chi connectivity index (χ0n) is 12.6. The maximum atomic E-state index is 11.5. The average Bonchev–Trinajstić information content (AvgIpc) is 2.13. The van der Waals surface area contributed by atoms with Crippen molar-refractivity contribution in [3.8, 4) is 0 Å². The van der Waals surface area contributed by atoms with Gasteiger partial charge in [-0.1, -0.05) is 46.6 Å². The first-order chi connectivity index (χ1) is 8.22. The van der Waals surface area contributed by atoms with Crippen molar-refractivity contribution in [3.63, 3.8) is 0 Å². The monoisotopic (exact) mass is 251 g/mol. The van der Waals surface area contributed by atoms with Gasteiger partial charge in [0.1, 0.15) is 5.78 Å². The highest BCUT2D eigenvalue weighted by Crippen LogP contribution is 2.33. The molecule has 2 nitrogen and oxygen atoms in total. The van der Waals surface area contributed by atoms with Gasteiger partial charge in [-0.3, -0.25) is 4.79 Å². The van der Waals surface area contributed by atoms with Crippen molar-refractivity contribution >= 4 is 5.78 Å². The minimum absolute atomic E-state index is 0.00752. The lowest BCUT2D eigenvalue weighted by atomic mass is 9.77. The zero-order valence-corrected chi connectivity index (χ0v) is 12.6. The number of carbonyl (C=O) groups excluding carboxylic acids is 1. The van der Waals surface area contributed by atoms with Crippen LogP contribution in [0.25, 0.3) is 0 Å². The predicted octanol–water partition coefficient (Wildman–Crippen LogP) is 4.21. The van der Waals surface area contributed by atoms with Crippen LogP contribution in [-0.4, -0.2) is 11.3 Å². The first-order valence-electron chi connectivity index (χ1n) is 7.18. The van der Waals surface area contributed by atoms with E-state index in [1.165, 1.54) is 19.3 Å². The van der Waals surface area contributed by atoms with Crippen LogP contribution in [0, 0.1) is 5.41 Å². The Morgan fingerprint density at radius 3 is 2.22 bits per heavy atom. The fourth-order valence-electron chi connectivity index (χ4n) is 3.11. The number of Topliss-reactive ketones (excluding diaryl/α,β-unsaturated/α-hetero) is 1. The molecule has 0 atom stereocenters. The summed E-state index contributed by atoms with van der Waals surface area (Å²) in [6.45, 7) is 12.5. The van der Waals surface area contributed by atoms with Gasteiger partial charge in [-0.2, -0.15) is 0 Å². The maximum Gasteiger partial charge on any atom is 0.132 e. The summed E-state index contributed by atoms with van der Waals surface area (Å²) in [7, 11) is 0. The third-order valence-electron chi connectivity index (χ3n) is 3.58. The molecule has 1 N–H and O–H groups in total. The first kappa shape index (κ1) is 15.3. The van der Waals surface area contributed by atoms with E-state index in [1.54, 1.807) is 6.92 Å². The van der Waals surface area contributed by atoms with Gasteiger partial charge in [0.15, 0.2) is 0 Å². The Kier molecular flexibility index (Phi) is 5.01. The van der Waals surface area contributed by atoms with Crippen LogP contribution in [0.3, 0.4) is 0 Å². The summed E-state index contributed by atoms with van der Waals surface area (Å²) in [4.78, 5) is 11.5. The fraction of sp³-hybridized carbons (Fsp3) is 0.812. The normalized spacial score (nSPS) is 19.3. The second-order valence-corrected chi connectivity index (χ2v) is 7.19. The van der Waals surface area contributed by atoms with Gasteiger partial charge in [0.2, 0.25) is 0 Å². The Hall–Kier alpha value is -0.790. The topological polar surface area (TPSA) is 29.1 Å². The van der Waals surface area contributed by atoms with E-state index in [0.717, 1.165) is 25.0 Å². The summed E-state index contributed by atoms with van der Waals surface area (Å²) < 4.78 is 0. The van der Waals surface area contributed by atoms with Crippen molar-refractivity contribution in [1.29, 1.82) is 0 Å². The van der Waals surface area contributed by atoms with E-state index in [2.05, 4.69) is 32.7 Å². The lowest BCUT2D eigenvalue weighted by molar-refractivity contribution is -0.118. The second-order valence-electron chi connectivity index (χ2n) is 7.19. The summed E-state index contributed by atoms with van der Waals surface area (Å²) in [5.74, 6) is 0.285. The molecule has 0 aromatic carbocycles. The van der Waals surface area contributed by atoms with E-state index >= 15 is 0 Å². The van der Waals surface area contributed by atoms with Crippen LogP contribution in [0.4, 0.5) is 0 Å². The quantitative estimate of drug-likeness (QED) is 0.793. The lowest BCUT2D eigenvalue weighted by Gasteiger charge is -2.40. The molecule has 0 aromatic rings. The van der Waals surface area contributed by atoms with E-state index in [9.17, 15) is 4.79 Å². The molecular weight excluding hydrogens is 222 g/mol. The molecule has 0 amide bonds. The summed E-state index contributed by atoms with van der Waals surface area (Å²) in [5.41, 5.74) is 1.33. The Bertz CT molecular complexity index is 306. The maximum absolute atomic E-state index is 11.5. The van der Waals surface area contributed by atoms with E-state index in [1.807, 2.05) is 0 Å². The summed E-state index contributed by atoms with van der Waals surface area (Å²) in [6, 6.07) is 0. The molecule has 1 saturated carbocycles. The Balaban J connectivity index is 2.66. The van der Waals surface area contributed by atoms with E-state index in [0.29, 0.717) is 6.42 Å². The molecule has 0 aromatic heterocycles. The minimum Gasteiger partial charge on any atom is -0.383 e. The number of hydrogen-bond acceptors (Lipinski definition) is 2. The van der Waals surface area contributed by atoms with Crippen molar-refractivity contribution < 1.29 is 4.79 Å². The summed E-state index contributed by atoms with van der Waals surface area (Å²) >= 11 is 0. The van der Waals surface area contributed by atoms with Gasteiger partial charge in [0.25, 0.3) is 0 Å². The first-order valence-corrected chi connectivity index (χ1v) is 7.18. The van der Waals surface area contributed by atoms with Crippen molar-refractivity contribution in [2.75, 3.05) is 0 Å². The molecule has 0 saturated heterocycles. The van der Waals surface area contributed by atoms with Crippen molar-refractivity contribution in [2.24, 2.45) is 5.41 Å². The number of carbonyl (C=O) groups is 1. The predicted molar refractivity (Wildman–Crippen MR) is 77.5 cm³/mol. The molecule has 0 unspecified atom stereocenters. The molecule has 0 aliphatic heterocycles. The third kappa shape index (κ3) is 5.24. The van der Waals surface area contributed by atoms with Crippen LogP contribution in [0.2, 0.25) is 0 Å². The average molecular weight is 251 g/mol. The molecule has 1 aliphatic rings. The highest BCUT2D eigenvalue weighted by atomic mass is 16.1. The molecule has 0 spiro atoms. The molecule has 1 aliphatic carbocycles. The van der Waals surface area contributed by atoms with Crippen LogP contribution in [0.1, 0.15) is 72.6 Å². The molecular formula is C16H29NO. The van der Waals surface area contributed by atoms with E-state index < -0.39 is 0 Å². The molecule has 2 heteroatoms. The zero-order chi connectivity index (χ0) is 13.8. The lowest BCUT2D eigenvalue weighted by Crippen LogP contribution is -2.47. The molecule has 0 radical (unpaired) electrons. The number of allylic oxidation sites excluding steroid dienone is 1. The number of ketones is 1. The fourth-order valence-corrected chi connectivity index (χ4v) is 3.11. The molecule has 104 valence electrons. The highest BCUT2D eigenvalue weighted by molar-refractivity contribution is 5.76. The van der Waals surface area contributed by atoms with E-state index in [-0.39, 0.29) is 16.7 Å². The second kappa shape index (κ2) is 5.90. The molecule has 1 fully saturated rings. The van der Waals surface area contributed by atoms with Gasteiger partial charge >= 0.3 is 0 Å². The SMILES string of the molecule is C=C(CC(C)(C)C)NC1(CC(C)=O)CCCCC1. The van der Waals surface area contributed by atoms with Crippen LogP contribution in [0.5, 0.6) is 0 Å². The van der Waals surface area contributed by atoms with Crippen molar-refractivity contribution in [1.82, 2.24) is 5.32 Å². The standard InChI is InChI=1S/C16H29NO/c1-13(11-15(3,4)5)17-16(12-14(2)18)9-7-6-8-10-16/h17H,1,6-12H2,2-5H3. The van der Waals surface area contributed by atoms with Gasteiger partial charge in [0, 0.05) is 17.7 Å². The number of nitrogens with one attached hydrogen (secondary N) is 1. The molecule has 0 bridgehead atoms. The Labute approximate surface area is 112 Å². The summed E-state index contributed by atoms with van der Waals surface area (Å²) in [5, 5.41) is 3.60. The minimum atomic E-state index is -0.00752. The van der Waals surface area contributed by atoms with Gasteiger partial charge in [-0.05, 0) is 31.6 Å². The van der Waals surface area contributed by atoms with Crippen LogP contribution >= 0.6 is 0 Å². The molecule has 18 heavy (non-hydrogen) atoms. The van der Waals surface area contributed by atoms with Crippen molar-refractivity contribution in [3.05, 3.63) is 12.3 Å². The number of hydrogen-bond donors (Lipinski definition) is 1. The largest absolute Gasteiger partial charge is 0.383 e. The van der Waals surface area contributed by atoms with Gasteiger partial charge < -0.3 is 5.32 Å². The van der Waals surface area contributed by atoms with Crippen LogP contribution in [-0.2, 0) is 4.79 Å². The highest BCUT2D eigenvalue weighted by Gasteiger charge is 2.33. The van der Waals surface area contributed by atoms with Crippen LogP contribution < -0.4 is 5.32 Å².